The van der Waals surface area contributed by atoms with E-state index in [4.69, 9.17) is 4.74 Å². The normalized spacial score (nSPS) is 17.2. The number of allylic oxidation sites excluding steroid dienone is 1. The summed E-state index contributed by atoms with van der Waals surface area (Å²) in [6.07, 6.45) is 7.02. The Labute approximate surface area is 101 Å². The van der Waals surface area contributed by atoms with Gasteiger partial charge in [0.1, 0.15) is 11.6 Å². The summed E-state index contributed by atoms with van der Waals surface area (Å²) in [6.45, 7) is 3.54. The summed E-state index contributed by atoms with van der Waals surface area (Å²) in [5, 5.41) is 3.30. The summed E-state index contributed by atoms with van der Waals surface area (Å²) in [7, 11) is 0. The molecule has 0 fully saturated rings. The Bertz CT molecular complexity index is 406. The van der Waals surface area contributed by atoms with Crippen molar-refractivity contribution in [3.8, 4) is 0 Å². The van der Waals surface area contributed by atoms with Crippen molar-refractivity contribution in [1.29, 1.82) is 0 Å². The van der Waals surface area contributed by atoms with Crippen molar-refractivity contribution in [2.45, 2.75) is 25.8 Å². The van der Waals surface area contributed by atoms with E-state index in [1.165, 1.54) is 12.3 Å². The van der Waals surface area contributed by atoms with Crippen LogP contribution in [0.25, 0.3) is 0 Å². The van der Waals surface area contributed by atoms with Crippen molar-refractivity contribution in [3.05, 3.63) is 41.7 Å². The summed E-state index contributed by atoms with van der Waals surface area (Å²) < 4.78 is 18.8. The Morgan fingerprint density at radius 3 is 3.06 bits per heavy atom. The molecule has 0 spiro atoms. The molecule has 0 aromatic carbocycles. The van der Waals surface area contributed by atoms with Crippen molar-refractivity contribution >= 4 is 0 Å². The Hall–Kier alpha value is -1.42. The predicted molar refractivity (Wildman–Crippen MR) is 63.9 cm³/mol. The van der Waals surface area contributed by atoms with Crippen LogP contribution in [-0.4, -0.2) is 18.1 Å². The van der Waals surface area contributed by atoms with Gasteiger partial charge in [-0.1, -0.05) is 6.92 Å². The summed E-state index contributed by atoms with van der Waals surface area (Å²) >= 11 is 0. The molecule has 2 heterocycles. The smallest absolute Gasteiger partial charge is 0.141 e. The fourth-order valence-corrected chi connectivity index (χ4v) is 1.95. The van der Waals surface area contributed by atoms with Crippen LogP contribution in [0.3, 0.4) is 0 Å². The molecular formula is C13H17FN2O. The first-order chi connectivity index (χ1) is 8.31. The van der Waals surface area contributed by atoms with Crippen LogP contribution in [0.1, 0.15) is 31.4 Å². The third kappa shape index (κ3) is 3.03. The number of aromatic nitrogens is 1. The van der Waals surface area contributed by atoms with Crippen LogP contribution in [0.2, 0.25) is 0 Å². The minimum absolute atomic E-state index is 0.0940. The molecule has 1 aromatic heterocycles. The number of halogens is 1. The highest BCUT2D eigenvalue weighted by atomic mass is 19.1. The Kier molecular flexibility index (Phi) is 4.09. The van der Waals surface area contributed by atoms with E-state index in [1.54, 1.807) is 6.20 Å². The minimum atomic E-state index is -0.318. The SMILES string of the molecule is CCNC(C1=CCCCO1)c1cncc(F)c1. The second-order valence-electron chi connectivity index (χ2n) is 4.02. The van der Waals surface area contributed by atoms with Gasteiger partial charge >= 0.3 is 0 Å². The quantitative estimate of drug-likeness (QED) is 0.872. The highest BCUT2D eigenvalue weighted by Gasteiger charge is 2.19. The molecule has 1 N–H and O–H groups in total. The lowest BCUT2D eigenvalue weighted by Crippen LogP contribution is -2.25. The Morgan fingerprint density at radius 2 is 2.41 bits per heavy atom. The number of likely N-dealkylation sites (N-methyl/N-ethyl adjacent to an activating group) is 1. The molecule has 0 amide bonds. The van der Waals surface area contributed by atoms with Crippen LogP contribution < -0.4 is 5.32 Å². The topological polar surface area (TPSA) is 34.1 Å². The van der Waals surface area contributed by atoms with Gasteiger partial charge in [-0.05, 0) is 37.1 Å². The van der Waals surface area contributed by atoms with Crippen LogP contribution in [-0.2, 0) is 4.74 Å². The van der Waals surface area contributed by atoms with Crippen molar-refractivity contribution in [2.24, 2.45) is 0 Å². The van der Waals surface area contributed by atoms with Gasteiger partial charge in [-0.2, -0.15) is 0 Å². The molecule has 0 aliphatic carbocycles. The highest BCUT2D eigenvalue weighted by molar-refractivity contribution is 5.24. The summed E-state index contributed by atoms with van der Waals surface area (Å²) in [4.78, 5) is 3.88. The molecule has 2 rings (SSSR count). The molecule has 92 valence electrons. The molecule has 0 radical (unpaired) electrons. The number of rotatable bonds is 4. The maximum Gasteiger partial charge on any atom is 0.141 e. The molecular weight excluding hydrogens is 219 g/mol. The molecule has 0 saturated heterocycles. The first-order valence-corrected chi connectivity index (χ1v) is 5.98. The van der Waals surface area contributed by atoms with Crippen molar-refractivity contribution < 1.29 is 9.13 Å². The third-order valence-corrected chi connectivity index (χ3v) is 2.71. The van der Waals surface area contributed by atoms with E-state index >= 15 is 0 Å². The number of hydrogen-bond acceptors (Lipinski definition) is 3. The maximum absolute atomic E-state index is 13.2. The van der Waals surface area contributed by atoms with Crippen molar-refractivity contribution in [3.63, 3.8) is 0 Å². The molecule has 1 aromatic rings. The monoisotopic (exact) mass is 236 g/mol. The molecule has 17 heavy (non-hydrogen) atoms. The van der Waals surface area contributed by atoms with Gasteiger partial charge < -0.3 is 10.1 Å². The van der Waals surface area contributed by atoms with Crippen molar-refractivity contribution in [2.75, 3.05) is 13.2 Å². The van der Waals surface area contributed by atoms with Gasteiger partial charge in [0.05, 0.1) is 18.8 Å². The lowest BCUT2D eigenvalue weighted by atomic mass is 10.0. The van der Waals surface area contributed by atoms with Gasteiger partial charge in [-0.15, -0.1) is 0 Å². The van der Waals surface area contributed by atoms with Gasteiger partial charge in [-0.25, -0.2) is 4.39 Å². The largest absolute Gasteiger partial charge is 0.496 e. The van der Waals surface area contributed by atoms with E-state index in [2.05, 4.69) is 16.4 Å². The standard InChI is InChI=1S/C13H17FN2O/c1-2-16-13(12-5-3-4-6-17-12)10-7-11(14)9-15-8-10/h5,7-9,13,16H,2-4,6H2,1H3. The average Bonchev–Trinajstić information content (AvgIpc) is 2.37. The first-order valence-electron chi connectivity index (χ1n) is 5.98. The second kappa shape index (κ2) is 5.77. The number of pyridine rings is 1. The van der Waals surface area contributed by atoms with Crippen LogP contribution in [0.5, 0.6) is 0 Å². The van der Waals surface area contributed by atoms with E-state index in [0.29, 0.717) is 0 Å². The van der Waals surface area contributed by atoms with Crippen molar-refractivity contribution in [1.82, 2.24) is 10.3 Å². The van der Waals surface area contributed by atoms with E-state index in [0.717, 1.165) is 37.3 Å². The number of ether oxygens (including phenoxy) is 1. The molecule has 1 atom stereocenters. The van der Waals surface area contributed by atoms with Gasteiger partial charge in [0.15, 0.2) is 0 Å². The Balaban J connectivity index is 2.24. The average molecular weight is 236 g/mol. The maximum atomic E-state index is 13.2. The number of hydrogen-bond donors (Lipinski definition) is 1. The third-order valence-electron chi connectivity index (χ3n) is 2.71. The van der Waals surface area contributed by atoms with Crippen LogP contribution >= 0.6 is 0 Å². The number of nitrogens with zero attached hydrogens (tertiary/aromatic N) is 1. The Morgan fingerprint density at radius 1 is 1.53 bits per heavy atom. The highest BCUT2D eigenvalue weighted by Crippen LogP contribution is 2.25. The predicted octanol–water partition coefficient (Wildman–Crippen LogP) is 2.57. The fraction of sp³-hybridized carbons (Fsp3) is 0.462. The fourth-order valence-electron chi connectivity index (χ4n) is 1.95. The molecule has 0 saturated carbocycles. The first kappa shape index (κ1) is 12.0. The van der Waals surface area contributed by atoms with Gasteiger partial charge in [-0.3, -0.25) is 4.98 Å². The second-order valence-corrected chi connectivity index (χ2v) is 4.02. The lowest BCUT2D eigenvalue weighted by Gasteiger charge is -2.24. The zero-order chi connectivity index (χ0) is 12.1. The molecule has 1 aliphatic heterocycles. The van der Waals surface area contributed by atoms with Crippen LogP contribution in [0.15, 0.2) is 30.3 Å². The van der Waals surface area contributed by atoms with Crippen LogP contribution in [0.4, 0.5) is 4.39 Å². The lowest BCUT2D eigenvalue weighted by molar-refractivity contribution is 0.168. The van der Waals surface area contributed by atoms with Gasteiger partial charge in [0.2, 0.25) is 0 Å². The zero-order valence-corrected chi connectivity index (χ0v) is 9.95. The summed E-state index contributed by atoms with van der Waals surface area (Å²) in [6, 6.07) is 1.41. The summed E-state index contributed by atoms with van der Waals surface area (Å²) in [5.41, 5.74) is 0.806. The van der Waals surface area contributed by atoms with E-state index < -0.39 is 0 Å². The van der Waals surface area contributed by atoms with Gasteiger partial charge in [0.25, 0.3) is 0 Å². The molecule has 1 aliphatic rings. The van der Waals surface area contributed by atoms with E-state index in [9.17, 15) is 4.39 Å². The van der Waals surface area contributed by atoms with Gasteiger partial charge in [0, 0.05) is 6.20 Å². The zero-order valence-electron chi connectivity index (χ0n) is 9.95. The van der Waals surface area contributed by atoms with Crippen LogP contribution in [0, 0.1) is 5.82 Å². The molecule has 4 heteroatoms. The molecule has 1 unspecified atom stereocenters. The molecule has 3 nitrogen and oxygen atoms in total. The van der Waals surface area contributed by atoms with E-state index in [1.807, 2.05) is 6.92 Å². The minimum Gasteiger partial charge on any atom is -0.496 e. The molecule has 0 bridgehead atoms. The van der Waals surface area contributed by atoms with E-state index in [-0.39, 0.29) is 11.9 Å². The number of nitrogens with one attached hydrogen (secondary N) is 1. The summed E-state index contributed by atoms with van der Waals surface area (Å²) in [5.74, 6) is 0.562.